The first-order valence-electron chi connectivity index (χ1n) is 9.64. The average Bonchev–Trinajstić information content (AvgIpc) is 3.22. The van der Waals surface area contributed by atoms with E-state index in [1.165, 1.54) is 0 Å². The SMILES string of the molecule is CCc1cc(N2CCN(CC(=O)N(C)c3ccccc3)CC2)c2nncn2n1. The minimum absolute atomic E-state index is 0.108. The fourth-order valence-electron chi connectivity index (χ4n) is 3.51. The van der Waals surface area contributed by atoms with Crippen LogP contribution in [0.25, 0.3) is 5.65 Å². The summed E-state index contributed by atoms with van der Waals surface area (Å²) in [5.41, 5.74) is 3.79. The number of fused-ring (bicyclic) bond motifs is 1. The third-order valence-corrected chi connectivity index (χ3v) is 5.25. The Morgan fingerprint density at radius 1 is 1.14 bits per heavy atom. The first-order chi connectivity index (χ1) is 13.7. The Morgan fingerprint density at radius 3 is 2.61 bits per heavy atom. The van der Waals surface area contributed by atoms with Crippen LogP contribution in [0.4, 0.5) is 11.4 Å². The number of aryl methyl sites for hydroxylation is 1. The summed E-state index contributed by atoms with van der Waals surface area (Å²) in [6.45, 7) is 5.87. The largest absolute Gasteiger partial charge is 0.366 e. The second-order valence-electron chi connectivity index (χ2n) is 7.03. The monoisotopic (exact) mass is 379 g/mol. The van der Waals surface area contributed by atoms with Gasteiger partial charge in [-0.25, -0.2) is 0 Å². The molecule has 0 unspecified atom stereocenters. The summed E-state index contributed by atoms with van der Waals surface area (Å²) in [6, 6.07) is 11.9. The molecule has 8 heteroatoms. The van der Waals surface area contributed by atoms with Crippen molar-refractivity contribution >= 4 is 22.9 Å². The molecule has 3 heterocycles. The topological polar surface area (TPSA) is 69.9 Å². The number of piperazine rings is 1. The lowest BCUT2D eigenvalue weighted by Crippen LogP contribution is -2.50. The van der Waals surface area contributed by atoms with Crippen LogP contribution in [0, 0.1) is 0 Å². The van der Waals surface area contributed by atoms with Gasteiger partial charge in [0.25, 0.3) is 0 Å². The number of aromatic nitrogens is 4. The summed E-state index contributed by atoms with van der Waals surface area (Å²) < 4.78 is 1.75. The van der Waals surface area contributed by atoms with Gasteiger partial charge in [-0.05, 0) is 24.6 Å². The van der Waals surface area contributed by atoms with Gasteiger partial charge >= 0.3 is 0 Å². The van der Waals surface area contributed by atoms with Crippen molar-refractivity contribution in [3.63, 3.8) is 0 Å². The van der Waals surface area contributed by atoms with E-state index in [-0.39, 0.29) is 5.91 Å². The number of carbonyl (C=O) groups excluding carboxylic acids is 1. The molecule has 1 aromatic carbocycles. The molecule has 1 aliphatic heterocycles. The molecule has 1 fully saturated rings. The maximum Gasteiger partial charge on any atom is 0.240 e. The minimum Gasteiger partial charge on any atom is -0.366 e. The number of para-hydroxylation sites is 1. The predicted octanol–water partition coefficient (Wildman–Crippen LogP) is 1.47. The van der Waals surface area contributed by atoms with Gasteiger partial charge < -0.3 is 9.80 Å². The van der Waals surface area contributed by atoms with Crippen LogP contribution in [0.2, 0.25) is 0 Å². The van der Waals surface area contributed by atoms with Crippen molar-refractivity contribution in [2.75, 3.05) is 49.6 Å². The first kappa shape index (κ1) is 18.4. The van der Waals surface area contributed by atoms with Crippen molar-refractivity contribution in [1.29, 1.82) is 0 Å². The molecule has 1 aliphatic rings. The lowest BCUT2D eigenvalue weighted by atomic mass is 10.2. The predicted molar refractivity (Wildman–Crippen MR) is 109 cm³/mol. The quantitative estimate of drug-likeness (QED) is 0.669. The number of hydrogen-bond donors (Lipinski definition) is 0. The number of hydrogen-bond acceptors (Lipinski definition) is 6. The second-order valence-corrected chi connectivity index (χ2v) is 7.03. The molecule has 8 nitrogen and oxygen atoms in total. The molecule has 1 saturated heterocycles. The lowest BCUT2D eigenvalue weighted by Gasteiger charge is -2.36. The van der Waals surface area contributed by atoms with Crippen LogP contribution in [0.1, 0.15) is 12.6 Å². The molecule has 0 N–H and O–H groups in total. The first-order valence-corrected chi connectivity index (χ1v) is 9.64. The molecule has 146 valence electrons. The van der Waals surface area contributed by atoms with Gasteiger partial charge in [0.05, 0.1) is 17.9 Å². The molecule has 0 atom stereocenters. The van der Waals surface area contributed by atoms with E-state index in [9.17, 15) is 4.79 Å². The number of rotatable bonds is 5. The van der Waals surface area contributed by atoms with Crippen molar-refractivity contribution < 1.29 is 4.79 Å². The molecule has 0 saturated carbocycles. The maximum absolute atomic E-state index is 12.6. The highest BCUT2D eigenvalue weighted by molar-refractivity contribution is 5.94. The third-order valence-electron chi connectivity index (χ3n) is 5.25. The van der Waals surface area contributed by atoms with Gasteiger partial charge in [0.2, 0.25) is 11.6 Å². The van der Waals surface area contributed by atoms with Crippen LogP contribution in [0.15, 0.2) is 42.7 Å². The van der Waals surface area contributed by atoms with Crippen LogP contribution < -0.4 is 9.80 Å². The number of amides is 1. The molecule has 0 radical (unpaired) electrons. The van der Waals surface area contributed by atoms with Crippen LogP contribution in [-0.4, -0.2) is 70.4 Å². The molecule has 2 aromatic heterocycles. The molecule has 28 heavy (non-hydrogen) atoms. The fraction of sp³-hybridized carbons (Fsp3) is 0.400. The molecule has 3 aromatic rings. The van der Waals surface area contributed by atoms with Crippen molar-refractivity contribution in [1.82, 2.24) is 24.7 Å². The Bertz CT molecular complexity index is 948. The summed E-state index contributed by atoms with van der Waals surface area (Å²) >= 11 is 0. The standard InChI is InChI=1S/C20H25N7O/c1-3-16-13-18(20-22-21-15-27(20)23-16)26-11-9-25(10-12-26)14-19(28)24(2)17-7-5-4-6-8-17/h4-8,13,15H,3,9-12,14H2,1-2H3. The number of anilines is 2. The van der Waals surface area contributed by atoms with Crippen LogP contribution in [-0.2, 0) is 11.2 Å². The third kappa shape index (κ3) is 3.68. The Labute approximate surface area is 164 Å². The van der Waals surface area contributed by atoms with Crippen molar-refractivity contribution in [3.8, 4) is 0 Å². The molecular weight excluding hydrogens is 354 g/mol. The second kappa shape index (κ2) is 7.93. The van der Waals surface area contributed by atoms with Crippen molar-refractivity contribution in [3.05, 3.63) is 48.4 Å². The summed E-state index contributed by atoms with van der Waals surface area (Å²) in [4.78, 5) is 18.9. The zero-order valence-electron chi connectivity index (χ0n) is 16.3. The van der Waals surface area contributed by atoms with Gasteiger partial charge in [-0.15, -0.1) is 10.2 Å². The van der Waals surface area contributed by atoms with Crippen molar-refractivity contribution in [2.24, 2.45) is 0 Å². The van der Waals surface area contributed by atoms with E-state index in [4.69, 9.17) is 0 Å². The summed E-state index contributed by atoms with van der Waals surface area (Å²) in [5, 5.41) is 12.7. The van der Waals surface area contributed by atoms with Crippen LogP contribution in [0.3, 0.4) is 0 Å². The summed E-state index contributed by atoms with van der Waals surface area (Å²) in [5.74, 6) is 0.108. The molecule has 0 aliphatic carbocycles. The van der Waals surface area contributed by atoms with E-state index in [0.717, 1.165) is 55.3 Å². The number of nitrogens with zero attached hydrogens (tertiary/aromatic N) is 7. The van der Waals surface area contributed by atoms with E-state index >= 15 is 0 Å². The highest BCUT2D eigenvalue weighted by atomic mass is 16.2. The smallest absolute Gasteiger partial charge is 0.240 e. The minimum atomic E-state index is 0.108. The van der Waals surface area contributed by atoms with E-state index in [1.54, 1.807) is 15.7 Å². The van der Waals surface area contributed by atoms with Crippen LogP contribution >= 0.6 is 0 Å². The van der Waals surface area contributed by atoms with Gasteiger partial charge in [0.1, 0.15) is 6.33 Å². The Balaban J connectivity index is 1.40. The van der Waals surface area contributed by atoms with E-state index < -0.39 is 0 Å². The number of benzene rings is 1. The van der Waals surface area contributed by atoms with Gasteiger partial charge in [0.15, 0.2) is 0 Å². The Hall–Kier alpha value is -3.00. The molecule has 0 spiro atoms. The Kier molecular flexibility index (Phi) is 5.21. The van der Waals surface area contributed by atoms with Gasteiger partial charge in [0, 0.05) is 38.9 Å². The van der Waals surface area contributed by atoms with E-state index in [0.29, 0.717) is 6.54 Å². The molecule has 1 amide bonds. The molecular formula is C20H25N7O. The Morgan fingerprint density at radius 2 is 1.89 bits per heavy atom. The van der Waals surface area contributed by atoms with Crippen LogP contribution in [0.5, 0.6) is 0 Å². The fourth-order valence-corrected chi connectivity index (χ4v) is 3.51. The van der Waals surface area contributed by atoms with Crippen molar-refractivity contribution in [2.45, 2.75) is 13.3 Å². The highest BCUT2D eigenvalue weighted by Crippen LogP contribution is 2.22. The highest BCUT2D eigenvalue weighted by Gasteiger charge is 2.23. The summed E-state index contributed by atoms with van der Waals surface area (Å²) in [7, 11) is 1.83. The summed E-state index contributed by atoms with van der Waals surface area (Å²) in [6.07, 6.45) is 2.51. The molecule has 0 bridgehead atoms. The normalized spacial score (nSPS) is 15.1. The zero-order chi connectivity index (χ0) is 19.5. The van der Waals surface area contributed by atoms with E-state index in [2.05, 4.69) is 38.1 Å². The van der Waals surface area contributed by atoms with Gasteiger partial charge in [-0.1, -0.05) is 25.1 Å². The van der Waals surface area contributed by atoms with Gasteiger partial charge in [-0.2, -0.15) is 9.61 Å². The molecule has 4 rings (SSSR count). The maximum atomic E-state index is 12.6. The number of likely N-dealkylation sites (N-methyl/N-ethyl adjacent to an activating group) is 1. The zero-order valence-corrected chi connectivity index (χ0v) is 16.3. The van der Waals surface area contributed by atoms with E-state index in [1.807, 2.05) is 37.4 Å². The number of carbonyl (C=O) groups is 1. The average molecular weight is 379 g/mol. The van der Waals surface area contributed by atoms with Gasteiger partial charge in [-0.3, -0.25) is 9.69 Å². The lowest BCUT2D eigenvalue weighted by molar-refractivity contribution is -0.119.